The summed E-state index contributed by atoms with van der Waals surface area (Å²) < 4.78 is 6.73. The third-order valence-electron chi connectivity index (χ3n) is 2.14. The van der Waals surface area contributed by atoms with Crippen molar-refractivity contribution in [2.75, 3.05) is 0 Å². The second-order valence-electron chi connectivity index (χ2n) is 3.28. The lowest BCUT2D eigenvalue weighted by Crippen LogP contribution is -1.93. The number of hydrogen-bond donors (Lipinski definition) is 0. The Morgan fingerprint density at radius 1 is 1.19 bits per heavy atom. The van der Waals surface area contributed by atoms with Gasteiger partial charge in [-0.15, -0.1) is 11.3 Å². The normalized spacial score (nSPS) is 10.6. The molecule has 0 N–H and O–H groups in total. The Kier molecular flexibility index (Phi) is 4.41. The highest BCUT2D eigenvalue weighted by Gasteiger charge is 2.03. The molecule has 0 radical (unpaired) electrons. The van der Waals surface area contributed by atoms with E-state index in [-0.39, 0.29) is 0 Å². The van der Waals surface area contributed by atoms with E-state index >= 15 is 0 Å². The summed E-state index contributed by atoms with van der Waals surface area (Å²) in [6.07, 6.45) is 0. The number of thiophene rings is 1. The zero-order chi connectivity index (χ0) is 11.4. The lowest BCUT2D eigenvalue weighted by atomic mass is 10.2. The molecule has 2 rings (SSSR count). The van der Waals surface area contributed by atoms with Crippen LogP contribution in [0.2, 0.25) is 5.02 Å². The van der Waals surface area contributed by atoms with E-state index in [1.165, 1.54) is 4.88 Å². The van der Waals surface area contributed by atoms with Crippen molar-refractivity contribution < 1.29 is 4.74 Å². The Morgan fingerprint density at radius 2 is 2.00 bits per heavy atom. The predicted octanol–water partition coefficient (Wildman–Crippen LogP) is 4.88. The van der Waals surface area contributed by atoms with Crippen LogP contribution in [0.1, 0.15) is 10.4 Å². The van der Waals surface area contributed by atoms with Gasteiger partial charge in [-0.1, -0.05) is 29.8 Å². The zero-order valence-corrected chi connectivity index (χ0v) is 11.6. The quantitative estimate of drug-likeness (QED) is 0.781. The van der Waals surface area contributed by atoms with Crippen molar-refractivity contribution in [2.45, 2.75) is 13.2 Å². The fourth-order valence-corrected chi connectivity index (χ4v) is 2.89. The van der Waals surface area contributed by atoms with E-state index in [0.29, 0.717) is 13.2 Å². The van der Waals surface area contributed by atoms with Crippen LogP contribution in [0.25, 0.3) is 0 Å². The van der Waals surface area contributed by atoms with Crippen LogP contribution in [0.5, 0.6) is 0 Å². The predicted molar refractivity (Wildman–Crippen MR) is 72.0 cm³/mol. The molecule has 0 saturated carbocycles. The summed E-state index contributed by atoms with van der Waals surface area (Å²) in [6.45, 7) is 1.16. The summed E-state index contributed by atoms with van der Waals surface area (Å²) in [7, 11) is 0. The van der Waals surface area contributed by atoms with E-state index in [1.807, 2.05) is 35.7 Å². The molecular formula is C12H10BrClOS. The molecular weight excluding hydrogens is 308 g/mol. The van der Waals surface area contributed by atoms with Crippen molar-refractivity contribution in [1.29, 1.82) is 0 Å². The van der Waals surface area contributed by atoms with Crippen molar-refractivity contribution in [3.63, 3.8) is 0 Å². The molecule has 0 aliphatic carbocycles. The number of hydrogen-bond acceptors (Lipinski definition) is 2. The zero-order valence-electron chi connectivity index (χ0n) is 8.45. The van der Waals surface area contributed by atoms with Crippen molar-refractivity contribution in [1.82, 2.24) is 0 Å². The molecule has 1 aromatic heterocycles. The maximum absolute atomic E-state index is 6.03. The lowest BCUT2D eigenvalue weighted by molar-refractivity contribution is 0.109. The van der Waals surface area contributed by atoms with Gasteiger partial charge in [-0.05, 0) is 39.0 Å². The minimum atomic E-state index is 0.546. The van der Waals surface area contributed by atoms with Gasteiger partial charge in [-0.2, -0.15) is 0 Å². The third-order valence-corrected chi connectivity index (χ3v) is 4.41. The molecule has 0 aliphatic heterocycles. The molecule has 1 heterocycles. The van der Waals surface area contributed by atoms with Gasteiger partial charge in [0.2, 0.25) is 0 Å². The van der Waals surface area contributed by atoms with Gasteiger partial charge in [0, 0.05) is 14.4 Å². The Labute approximate surface area is 112 Å². The van der Waals surface area contributed by atoms with Crippen LogP contribution in [0.3, 0.4) is 0 Å². The van der Waals surface area contributed by atoms with Crippen LogP contribution in [0.15, 0.2) is 40.2 Å². The second-order valence-corrected chi connectivity index (χ2v) is 5.54. The second kappa shape index (κ2) is 5.82. The van der Waals surface area contributed by atoms with Gasteiger partial charge in [0.15, 0.2) is 0 Å². The fourth-order valence-electron chi connectivity index (χ4n) is 1.30. The van der Waals surface area contributed by atoms with E-state index in [1.54, 1.807) is 11.3 Å². The van der Waals surface area contributed by atoms with Gasteiger partial charge in [0.1, 0.15) is 0 Å². The summed E-state index contributed by atoms with van der Waals surface area (Å²) >= 11 is 11.2. The molecule has 84 valence electrons. The monoisotopic (exact) mass is 316 g/mol. The largest absolute Gasteiger partial charge is 0.371 e. The van der Waals surface area contributed by atoms with E-state index in [4.69, 9.17) is 16.3 Å². The Balaban J connectivity index is 1.89. The first-order chi connectivity index (χ1) is 7.77. The third kappa shape index (κ3) is 3.08. The molecule has 16 heavy (non-hydrogen) atoms. The Morgan fingerprint density at radius 3 is 2.69 bits per heavy atom. The molecule has 0 saturated heterocycles. The van der Waals surface area contributed by atoms with Crippen LogP contribution in [-0.4, -0.2) is 0 Å². The molecule has 0 bridgehead atoms. The van der Waals surface area contributed by atoms with Gasteiger partial charge in [0.25, 0.3) is 0 Å². The van der Waals surface area contributed by atoms with Crippen molar-refractivity contribution in [3.8, 4) is 0 Å². The molecule has 2 aromatic rings. The molecule has 0 fully saturated rings. The van der Waals surface area contributed by atoms with Gasteiger partial charge in [-0.25, -0.2) is 0 Å². The number of ether oxygens (including phenoxy) is 1. The van der Waals surface area contributed by atoms with Gasteiger partial charge in [0.05, 0.1) is 13.2 Å². The molecule has 4 heteroatoms. The number of halogens is 2. The molecule has 0 spiro atoms. The van der Waals surface area contributed by atoms with Crippen LogP contribution >= 0.6 is 38.9 Å². The summed E-state index contributed by atoms with van der Waals surface area (Å²) in [5.41, 5.74) is 1.02. The van der Waals surface area contributed by atoms with Crippen molar-refractivity contribution in [2.24, 2.45) is 0 Å². The van der Waals surface area contributed by atoms with E-state index in [0.717, 1.165) is 15.1 Å². The Bertz CT molecular complexity index is 470. The van der Waals surface area contributed by atoms with Crippen LogP contribution in [0, 0.1) is 0 Å². The lowest BCUT2D eigenvalue weighted by Gasteiger charge is -2.05. The first-order valence-electron chi connectivity index (χ1n) is 4.80. The average Bonchev–Trinajstić information content (AvgIpc) is 2.67. The van der Waals surface area contributed by atoms with Crippen molar-refractivity contribution in [3.05, 3.63) is 55.6 Å². The molecule has 0 unspecified atom stereocenters. The minimum Gasteiger partial charge on any atom is -0.371 e. The molecule has 1 aromatic carbocycles. The molecule has 1 nitrogen and oxygen atoms in total. The molecule has 0 atom stereocenters. The highest BCUT2D eigenvalue weighted by Crippen LogP contribution is 2.24. The first kappa shape index (κ1) is 12.1. The SMILES string of the molecule is Clc1ccccc1COCc1sccc1Br. The summed E-state index contributed by atoms with van der Waals surface area (Å²) in [5, 5.41) is 2.80. The van der Waals surface area contributed by atoms with E-state index in [9.17, 15) is 0 Å². The van der Waals surface area contributed by atoms with Gasteiger partial charge < -0.3 is 4.74 Å². The maximum atomic E-state index is 6.03. The van der Waals surface area contributed by atoms with Crippen LogP contribution < -0.4 is 0 Å². The molecule has 0 amide bonds. The summed E-state index contributed by atoms with van der Waals surface area (Å²) in [5.74, 6) is 0. The van der Waals surface area contributed by atoms with Crippen LogP contribution in [-0.2, 0) is 18.0 Å². The summed E-state index contributed by atoms with van der Waals surface area (Å²) in [4.78, 5) is 1.20. The topological polar surface area (TPSA) is 9.23 Å². The molecule has 0 aliphatic rings. The van der Waals surface area contributed by atoms with E-state index < -0.39 is 0 Å². The first-order valence-corrected chi connectivity index (χ1v) is 6.85. The number of rotatable bonds is 4. The van der Waals surface area contributed by atoms with E-state index in [2.05, 4.69) is 15.9 Å². The van der Waals surface area contributed by atoms with Crippen molar-refractivity contribution >= 4 is 38.9 Å². The number of benzene rings is 1. The van der Waals surface area contributed by atoms with Gasteiger partial charge in [-0.3, -0.25) is 0 Å². The minimum absolute atomic E-state index is 0.546. The average molecular weight is 318 g/mol. The summed E-state index contributed by atoms with van der Waals surface area (Å²) in [6, 6.07) is 9.76. The Hall–Kier alpha value is -0.350. The highest BCUT2D eigenvalue weighted by molar-refractivity contribution is 9.10. The highest BCUT2D eigenvalue weighted by atomic mass is 79.9. The maximum Gasteiger partial charge on any atom is 0.0825 e. The fraction of sp³-hybridized carbons (Fsp3) is 0.167. The smallest absolute Gasteiger partial charge is 0.0825 e. The van der Waals surface area contributed by atoms with Crippen LogP contribution in [0.4, 0.5) is 0 Å². The van der Waals surface area contributed by atoms with Gasteiger partial charge >= 0.3 is 0 Å². The standard InChI is InChI=1S/C12H10BrClOS/c13-10-5-6-16-12(10)8-15-7-9-3-1-2-4-11(9)14/h1-6H,7-8H2.